The van der Waals surface area contributed by atoms with Crippen molar-refractivity contribution in [2.24, 2.45) is 5.73 Å². The quantitative estimate of drug-likeness (QED) is 0.531. The molecule has 1 aromatic heterocycles. The molecule has 5 N–H and O–H groups in total. The molecule has 0 aliphatic rings. The first kappa shape index (κ1) is 7.74. The summed E-state index contributed by atoms with van der Waals surface area (Å²) in [5.74, 6) is 0.821. The number of nitrogen functional groups attached to an aromatic ring is 1. The Morgan fingerprint density at radius 1 is 1.73 bits per heavy atom. The summed E-state index contributed by atoms with van der Waals surface area (Å²) in [4.78, 5) is 3.87. The van der Waals surface area contributed by atoms with Crippen molar-refractivity contribution in [3.8, 4) is 0 Å². The lowest BCUT2D eigenvalue weighted by atomic mass is 10.2. The number of aromatic amines is 1. The third-order valence-electron chi connectivity index (χ3n) is 1.29. The smallest absolute Gasteiger partial charge is 0.239 e. The third kappa shape index (κ3) is 1.78. The van der Waals surface area contributed by atoms with Gasteiger partial charge in [-0.1, -0.05) is 6.08 Å². The normalized spacial score (nSPS) is 12.8. The summed E-state index contributed by atoms with van der Waals surface area (Å²) >= 11 is 0. The Labute approximate surface area is 64.5 Å². The van der Waals surface area contributed by atoms with E-state index >= 15 is 0 Å². The van der Waals surface area contributed by atoms with Gasteiger partial charge < -0.3 is 11.5 Å². The topological polar surface area (TPSA) is 93.6 Å². The zero-order valence-corrected chi connectivity index (χ0v) is 6.12. The minimum atomic E-state index is -0.183. The highest BCUT2D eigenvalue weighted by molar-refractivity contribution is 5.14. The van der Waals surface area contributed by atoms with Crippen molar-refractivity contribution < 1.29 is 0 Å². The number of hydrogen-bond donors (Lipinski definition) is 3. The number of hydrogen-bond acceptors (Lipinski definition) is 4. The fraction of sp³-hybridized carbons (Fsp3) is 0.333. The molecule has 1 aromatic rings. The number of anilines is 1. The highest BCUT2D eigenvalue weighted by atomic mass is 15.3. The average molecular weight is 153 g/mol. The fourth-order valence-corrected chi connectivity index (χ4v) is 0.745. The summed E-state index contributed by atoms with van der Waals surface area (Å²) in [5.41, 5.74) is 10.9. The van der Waals surface area contributed by atoms with Crippen LogP contribution in [0.5, 0.6) is 0 Å². The average Bonchev–Trinajstić information content (AvgIpc) is 2.36. The van der Waals surface area contributed by atoms with E-state index in [1.165, 1.54) is 0 Å². The van der Waals surface area contributed by atoms with Gasteiger partial charge in [0.1, 0.15) is 5.82 Å². The molecule has 60 valence electrons. The number of nitrogens with one attached hydrogen (secondary N) is 1. The van der Waals surface area contributed by atoms with E-state index in [2.05, 4.69) is 21.8 Å². The zero-order chi connectivity index (χ0) is 8.27. The highest BCUT2D eigenvalue weighted by Crippen LogP contribution is 2.08. The molecule has 5 nitrogen and oxygen atoms in total. The summed E-state index contributed by atoms with van der Waals surface area (Å²) in [6, 6.07) is -0.183. The predicted molar refractivity (Wildman–Crippen MR) is 42.5 cm³/mol. The molecule has 0 bridgehead atoms. The molecule has 11 heavy (non-hydrogen) atoms. The van der Waals surface area contributed by atoms with Gasteiger partial charge in [0.25, 0.3) is 0 Å². The SMILES string of the molecule is C=CCC(N)c1nc(N)n[nH]1. The molecule has 0 aliphatic heterocycles. The zero-order valence-electron chi connectivity index (χ0n) is 6.12. The van der Waals surface area contributed by atoms with Crippen molar-refractivity contribution in [3.05, 3.63) is 18.5 Å². The van der Waals surface area contributed by atoms with Gasteiger partial charge in [0, 0.05) is 0 Å². The standard InChI is InChI=1S/C6H11N5/c1-2-3-4(7)5-9-6(8)11-10-5/h2,4H,1,3,7H2,(H3,8,9,10,11). The van der Waals surface area contributed by atoms with Crippen molar-refractivity contribution >= 4 is 5.95 Å². The minimum absolute atomic E-state index is 0.183. The number of aromatic nitrogens is 3. The molecular weight excluding hydrogens is 142 g/mol. The van der Waals surface area contributed by atoms with Crippen LogP contribution < -0.4 is 11.5 Å². The molecule has 1 rings (SSSR count). The third-order valence-corrected chi connectivity index (χ3v) is 1.29. The summed E-state index contributed by atoms with van der Waals surface area (Å²) < 4.78 is 0. The van der Waals surface area contributed by atoms with E-state index in [4.69, 9.17) is 11.5 Å². The van der Waals surface area contributed by atoms with Gasteiger partial charge in [0.15, 0.2) is 0 Å². The molecule has 0 aromatic carbocycles. The second-order valence-corrected chi connectivity index (χ2v) is 2.21. The van der Waals surface area contributed by atoms with Crippen LogP contribution in [0.25, 0.3) is 0 Å². The summed E-state index contributed by atoms with van der Waals surface area (Å²) in [6.07, 6.45) is 2.39. The molecule has 0 saturated carbocycles. The Bertz CT molecular complexity index is 241. The number of nitrogens with two attached hydrogens (primary N) is 2. The number of rotatable bonds is 3. The van der Waals surface area contributed by atoms with Crippen LogP contribution in [0.4, 0.5) is 5.95 Å². The Hall–Kier alpha value is -1.36. The Balaban J connectivity index is 2.67. The molecule has 0 saturated heterocycles. The van der Waals surface area contributed by atoms with Gasteiger partial charge >= 0.3 is 0 Å². The molecule has 1 atom stereocenters. The second-order valence-electron chi connectivity index (χ2n) is 2.21. The molecule has 5 heteroatoms. The van der Waals surface area contributed by atoms with Crippen molar-refractivity contribution in [2.75, 3.05) is 5.73 Å². The molecule has 0 fully saturated rings. The largest absolute Gasteiger partial charge is 0.367 e. The fourth-order valence-electron chi connectivity index (χ4n) is 0.745. The van der Waals surface area contributed by atoms with Gasteiger partial charge in [-0.05, 0) is 6.42 Å². The van der Waals surface area contributed by atoms with Crippen LogP contribution in [0, 0.1) is 0 Å². The maximum atomic E-state index is 5.66. The van der Waals surface area contributed by atoms with Crippen LogP contribution >= 0.6 is 0 Å². The Kier molecular flexibility index (Phi) is 2.22. The van der Waals surface area contributed by atoms with Gasteiger partial charge in [0.05, 0.1) is 6.04 Å². The molecule has 1 heterocycles. The first-order valence-corrected chi connectivity index (χ1v) is 3.28. The van der Waals surface area contributed by atoms with Gasteiger partial charge in [-0.15, -0.1) is 11.7 Å². The van der Waals surface area contributed by atoms with E-state index in [9.17, 15) is 0 Å². The Morgan fingerprint density at radius 2 is 2.45 bits per heavy atom. The molecule has 0 amide bonds. The lowest BCUT2D eigenvalue weighted by Gasteiger charge is -2.01. The molecule has 1 unspecified atom stereocenters. The first-order chi connectivity index (χ1) is 5.24. The van der Waals surface area contributed by atoms with Crippen LogP contribution in [0.3, 0.4) is 0 Å². The van der Waals surface area contributed by atoms with Crippen LogP contribution in [-0.4, -0.2) is 15.2 Å². The number of nitrogens with zero attached hydrogens (tertiary/aromatic N) is 2. The summed E-state index contributed by atoms with van der Waals surface area (Å²) in [6.45, 7) is 3.56. The Morgan fingerprint density at radius 3 is 2.91 bits per heavy atom. The van der Waals surface area contributed by atoms with E-state index in [0.29, 0.717) is 12.2 Å². The molecular formula is C6H11N5. The van der Waals surface area contributed by atoms with Crippen LogP contribution in [0.1, 0.15) is 18.3 Å². The van der Waals surface area contributed by atoms with E-state index in [1.807, 2.05) is 0 Å². The maximum Gasteiger partial charge on any atom is 0.239 e. The van der Waals surface area contributed by atoms with Gasteiger partial charge in [0.2, 0.25) is 5.95 Å². The van der Waals surface area contributed by atoms with Crippen LogP contribution in [0.2, 0.25) is 0 Å². The van der Waals surface area contributed by atoms with E-state index in [-0.39, 0.29) is 12.0 Å². The van der Waals surface area contributed by atoms with E-state index in [1.54, 1.807) is 6.08 Å². The van der Waals surface area contributed by atoms with Crippen molar-refractivity contribution in [3.63, 3.8) is 0 Å². The van der Waals surface area contributed by atoms with Crippen molar-refractivity contribution in [1.82, 2.24) is 15.2 Å². The molecule has 0 aliphatic carbocycles. The molecule has 0 radical (unpaired) electrons. The van der Waals surface area contributed by atoms with Gasteiger partial charge in [-0.3, -0.25) is 5.10 Å². The molecule has 0 spiro atoms. The van der Waals surface area contributed by atoms with Gasteiger partial charge in [-0.2, -0.15) is 4.98 Å². The lowest BCUT2D eigenvalue weighted by molar-refractivity contribution is 0.686. The second kappa shape index (κ2) is 3.16. The lowest BCUT2D eigenvalue weighted by Crippen LogP contribution is -2.10. The minimum Gasteiger partial charge on any atom is -0.367 e. The van der Waals surface area contributed by atoms with Gasteiger partial charge in [-0.25, -0.2) is 0 Å². The van der Waals surface area contributed by atoms with E-state index < -0.39 is 0 Å². The van der Waals surface area contributed by atoms with Crippen molar-refractivity contribution in [1.29, 1.82) is 0 Å². The van der Waals surface area contributed by atoms with Crippen molar-refractivity contribution in [2.45, 2.75) is 12.5 Å². The van der Waals surface area contributed by atoms with Crippen LogP contribution in [0.15, 0.2) is 12.7 Å². The first-order valence-electron chi connectivity index (χ1n) is 3.28. The monoisotopic (exact) mass is 153 g/mol. The highest BCUT2D eigenvalue weighted by Gasteiger charge is 2.07. The van der Waals surface area contributed by atoms with E-state index in [0.717, 1.165) is 0 Å². The van der Waals surface area contributed by atoms with Crippen LogP contribution in [-0.2, 0) is 0 Å². The maximum absolute atomic E-state index is 5.66. The summed E-state index contributed by atoms with van der Waals surface area (Å²) in [5, 5.41) is 6.28. The summed E-state index contributed by atoms with van der Waals surface area (Å²) in [7, 11) is 0. The predicted octanol–water partition coefficient (Wildman–Crippen LogP) is -0.0372. The number of H-pyrrole nitrogens is 1.